The minimum Gasteiger partial charge on any atom is -0.454 e. The van der Waals surface area contributed by atoms with Crippen molar-refractivity contribution in [2.45, 2.75) is 11.8 Å². The van der Waals surface area contributed by atoms with Gasteiger partial charge in [0, 0.05) is 28.4 Å². The van der Waals surface area contributed by atoms with E-state index in [-0.39, 0.29) is 16.2 Å². The zero-order valence-corrected chi connectivity index (χ0v) is 15.1. The van der Waals surface area contributed by atoms with Gasteiger partial charge in [0.2, 0.25) is 5.78 Å². The highest BCUT2D eigenvalue weighted by molar-refractivity contribution is 7.90. The average Bonchev–Trinajstić information content (AvgIpc) is 2.94. The minimum atomic E-state index is -3.43. The maximum Gasteiger partial charge on any atom is 0.338 e. The molecule has 0 aliphatic heterocycles. The molecular weight excluding hydrogens is 354 g/mol. The quantitative estimate of drug-likeness (QED) is 0.550. The molecule has 26 heavy (non-hydrogen) atoms. The number of hydrogen-bond donors (Lipinski definition) is 1. The molecule has 0 radical (unpaired) electrons. The lowest BCUT2D eigenvalue weighted by atomic mass is 10.1. The molecule has 1 heterocycles. The number of benzene rings is 2. The van der Waals surface area contributed by atoms with Crippen LogP contribution in [0, 0.1) is 6.92 Å². The van der Waals surface area contributed by atoms with Gasteiger partial charge in [-0.05, 0) is 31.2 Å². The number of para-hydroxylation sites is 1. The normalized spacial score (nSPS) is 11.5. The van der Waals surface area contributed by atoms with Crippen molar-refractivity contribution >= 4 is 32.5 Å². The number of hydrogen-bond acceptors (Lipinski definition) is 5. The van der Waals surface area contributed by atoms with Crippen LogP contribution in [0.3, 0.4) is 0 Å². The summed E-state index contributed by atoms with van der Waals surface area (Å²) in [6.45, 7) is 1.36. The first-order valence-electron chi connectivity index (χ1n) is 7.85. The van der Waals surface area contributed by atoms with Crippen LogP contribution in [0.25, 0.3) is 10.9 Å². The summed E-state index contributed by atoms with van der Waals surface area (Å²) < 4.78 is 28.3. The van der Waals surface area contributed by atoms with E-state index in [2.05, 4.69) is 4.98 Å². The van der Waals surface area contributed by atoms with Crippen LogP contribution in [-0.4, -0.2) is 38.0 Å². The van der Waals surface area contributed by atoms with Gasteiger partial charge in [-0.2, -0.15) is 0 Å². The molecular formula is C19H17NO5S. The first-order chi connectivity index (χ1) is 12.3. The number of ketones is 1. The molecule has 0 atom stereocenters. The predicted molar refractivity (Wildman–Crippen MR) is 97.2 cm³/mol. The Balaban J connectivity index is 1.77. The Morgan fingerprint density at radius 3 is 2.54 bits per heavy atom. The molecule has 7 heteroatoms. The van der Waals surface area contributed by atoms with E-state index in [4.69, 9.17) is 4.74 Å². The van der Waals surface area contributed by atoms with E-state index in [1.165, 1.54) is 24.3 Å². The molecule has 6 nitrogen and oxygen atoms in total. The summed E-state index contributed by atoms with van der Waals surface area (Å²) in [5, 5.41) is 0.769. The molecule has 0 spiro atoms. The number of aromatic nitrogens is 1. The predicted octanol–water partition coefficient (Wildman–Crippen LogP) is 2.92. The van der Waals surface area contributed by atoms with E-state index in [0.717, 1.165) is 17.2 Å². The van der Waals surface area contributed by atoms with Crippen LogP contribution in [0.4, 0.5) is 0 Å². The van der Waals surface area contributed by atoms with Crippen LogP contribution in [0.5, 0.6) is 0 Å². The first kappa shape index (κ1) is 17.9. The maximum absolute atomic E-state index is 12.5. The number of aromatic amines is 1. The van der Waals surface area contributed by atoms with Crippen molar-refractivity contribution in [1.29, 1.82) is 0 Å². The molecule has 0 fully saturated rings. The van der Waals surface area contributed by atoms with Crippen molar-refractivity contribution < 1.29 is 22.7 Å². The smallest absolute Gasteiger partial charge is 0.338 e. The third-order valence-corrected chi connectivity index (χ3v) is 5.11. The Morgan fingerprint density at radius 1 is 1.08 bits per heavy atom. The standard InChI is InChI=1S/C19H17NO5S/c1-12-18(15-8-3-4-9-16(15)20-12)17(21)11-25-19(22)13-6-5-7-14(10-13)26(2,23)24/h3-10,20H,11H2,1-2H3. The van der Waals surface area contributed by atoms with E-state index in [1.807, 2.05) is 24.3 Å². The molecule has 0 saturated heterocycles. The van der Waals surface area contributed by atoms with Gasteiger partial charge < -0.3 is 9.72 Å². The van der Waals surface area contributed by atoms with Gasteiger partial charge in [-0.25, -0.2) is 13.2 Å². The number of fused-ring (bicyclic) bond motifs is 1. The van der Waals surface area contributed by atoms with Crippen molar-refractivity contribution in [2.24, 2.45) is 0 Å². The molecule has 3 aromatic rings. The third-order valence-electron chi connectivity index (χ3n) is 4.00. The molecule has 3 rings (SSSR count). The number of esters is 1. The molecule has 0 amide bonds. The monoisotopic (exact) mass is 371 g/mol. The van der Waals surface area contributed by atoms with Crippen molar-refractivity contribution in [3.05, 3.63) is 65.4 Å². The number of nitrogens with one attached hydrogen (secondary N) is 1. The maximum atomic E-state index is 12.5. The number of ether oxygens (including phenoxy) is 1. The summed E-state index contributed by atoms with van der Waals surface area (Å²) in [5.74, 6) is -1.08. The summed E-state index contributed by atoms with van der Waals surface area (Å²) in [6, 6.07) is 12.9. The van der Waals surface area contributed by atoms with Crippen molar-refractivity contribution in [1.82, 2.24) is 4.98 Å². The van der Waals surface area contributed by atoms with Gasteiger partial charge in [0.25, 0.3) is 0 Å². The minimum absolute atomic E-state index is 0.0192. The topological polar surface area (TPSA) is 93.3 Å². The van der Waals surface area contributed by atoms with Gasteiger partial charge in [-0.15, -0.1) is 0 Å². The Hall–Kier alpha value is -2.93. The van der Waals surface area contributed by atoms with Gasteiger partial charge in [0.1, 0.15) is 0 Å². The van der Waals surface area contributed by atoms with Crippen LogP contribution in [0.1, 0.15) is 26.4 Å². The summed E-state index contributed by atoms with van der Waals surface area (Å²) in [6.07, 6.45) is 1.06. The molecule has 2 aromatic carbocycles. The molecule has 0 bridgehead atoms. The van der Waals surface area contributed by atoms with E-state index in [9.17, 15) is 18.0 Å². The second-order valence-corrected chi connectivity index (χ2v) is 7.99. The molecule has 1 N–H and O–H groups in total. The lowest BCUT2D eigenvalue weighted by molar-refractivity contribution is 0.0474. The van der Waals surface area contributed by atoms with E-state index in [0.29, 0.717) is 11.3 Å². The van der Waals surface area contributed by atoms with Crippen molar-refractivity contribution in [2.75, 3.05) is 12.9 Å². The summed E-state index contributed by atoms with van der Waals surface area (Å²) in [5.41, 5.74) is 2.10. The largest absolute Gasteiger partial charge is 0.454 e. The lowest BCUT2D eigenvalue weighted by Gasteiger charge is -2.06. The number of aryl methyl sites for hydroxylation is 1. The summed E-state index contributed by atoms with van der Waals surface area (Å²) in [4.78, 5) is 27.8. The number of Topliss-reactive ketones (excluding diaryl/α,β-unsaturated/α-hetero) is 1. The molecule has 1 aromatic heterocycles. The van der Waals surface area contributed by atoms with Gasteiger partial charge in [-0.3, -0.25) is 4.79 Å². The fraction of sp³-hybridized carbons (Fsp3) is 0.158. The van der Waals surface area contributed by atoms with Gasteiger partial charge in [0.05, 0.1) is 10.5 Å². The van der Waals surface area contributed by atoms with Crippen LogP contribution in [0.2, 0.25) is 0 Å². The van der Waals surface area contributed by atoms with Gasteiger partial charge in [-0.1, -0.05) is 24.3 Å². The zero-order valence-electron chi connectivity index (χ0n) is 14.3. The van der Waals surface area contributed by atoms with Crippen LogP contribution < -0.4 is 0 Å². The SMILES string of the molecule is Cc1[nH]c2ccccc2c1C(=O)COC(=O)c1cccc(S(C)(=O)=O)c1. The number of carbonyl (C=O) groups excluding carboxylic acids is 2. The van der Waals surface area contributed by atoms with Crippen LogP contribution in [0.15, 0.2) is 53.4 Å². The van der Waals surface area contributed by atoms with Gasteiger partial charge >= 0.3 is 5.97 Å². The zero-order chi connectivity index (χ0) is 18.9. The van der Waals surface area contributed by atoms with E-state index in [1.54, 1.807) is 6.92 Å². The highest BCUT2D eigenvalue weighted by Gasteiger charge is 2.19. The van der Waals surface area contributed by atoms with E-state index >= 15 is 0 Å². The average molecular weight is 371 g/mol. The Morgan fingerprint density at radius 2 is 1.81 bits per heavy atom. The molecule has 0 aliphatic carbocycles. The van der Waals surface area contributed by atoms with Gasteiger partial charge in [0.15, 0.2) is 16.4 Å². The Bertz CT molecular complexity index is 1110. The number of sulfone groups is 1. The van der Waals surface area contributed by atoms with Crippen molar-refractivity contribution in [3.63, 3.8) is 0 Å². The van der Waals surface area contributed by atoms with Crippen molar-refractivity contribution in [3.8, 4) is 0 Å². The highest BCUT2D eigenvalue weighted by atomic mass is 32.2. The number of carbonyl (C=O) groups is 2. The van der Waals surface area contributed by atoms with Crippen LogP contribution in [-0.2, 0) is 14.6 Å². The summed E-state index contributed by atoms with van der Waals surface area (Å²) >= 11 is 0. The molecule has 0 unspecified atom stereocenters. The first-order valence-corrected chi connectivity index (χ1v) is 9.74. The Labute approximate surface area is 150 Å². The molecule has 134 valence electrons. The highest BCUT2D eigenvalue weighted by Crippen LogP contribution is 2.22. The fourth-order valence-corrected chi connectivity index (χ4v) is 3.44. The second kappa shape index (κ2) is 6.76. The third kappa shape index (κ3) is 3.52. The number of rotatable bonds is 5. The van der Waals surface area contributed by atoms with E-state index < -0.39 is 22.4 Å². The molecule has 0 aliphatic rings. The second-order valence-electron chi connectivity index (χ2n) is 5.97. The van der Waals surface area contributed by atoms with Crippen LogP contribution >= 0.6 is 0 Å². The summed E-state index contributed by atoms with van der Waals surface area (Å²) in [7, 11) is -3.43. The Kier molecular flexibility index (Phi) is 4.65. The lowest BCUT2D eigenvalue weighted by Crippen LogP contribution is -2.15. The molecule has 0 saturated carbocycles. The number of H-pyrrole nitrogens is 1. The fourth-order valence-electron chi connectivity index (χ4n) is 2.78.